The highest BCUT2D eigenvalue weighted by molar-refractivity contribution is 6.74. The van der Waals surface area contributed by atoms with E-state index < -0.39 is 6.35 Å². The summed E-state index contributed by atoms with van der Waals surface area (Å²) in [5.74, 6) is 1.12. The van der Waals surface area contributed by atoms with Crippen LogP contribution in [0.2, 0.25) is 12.6 Å². The van der Waals surface area contributed by atoms with E-state index in [9.17, 15) is 0 Å². The van der Waals surface area contributed by atoms with Gasteiger partial charge in [-0.15, -0.1) is 19.0 Å². The Morgan fingerprint density at radius 2 is 1.92 bits per heavy atom. The maximum absolute atomic E-state index is 6.06. The molecule has 0 aromatic heterocycles. The van der Waals surface area contributed by atoms with Gasteiger partial charge in [-0.3, -0.25) is 0 Å². The summed E-state index contributed by atoms with van der Waals surface area (Å²) in [6.07, 6.45) is 2.88. The molecule has 0 saturated carbocycles. The standard InChI is InChI=1S/C11H16BO/c1-3-12(4-2)9-10-7-5-6-8-11(10)13-12/h5-8H,3-4,9H2,1-2H3/q-1. The molecule has 0 amide bonds. The van der Waals surface area contributed by atoms with Gasteiger partial charge < -0.3 is 4.65 Å². The van der Waals surface area contributed by atoms with E-state index >= 15 is 0 Å². The van der Waals surface area contributed by atoms with Crippen LogP contribution in [0, 0.1) is 0 Å². The van der Waals surface area contributed by atoms with Gasteiger partial charge in [-0.1, -0.05) is 32.0 Å². The molecule has 1 heterocycles. The van der Waals surface area contributed by atoms with Crippen LogP contribution in [0.1, 0.15) is 19.4 Å². The fourth-order valence-electron chi connectivity index (χ4n) is 2.24. The number of rotatable bonds is 2. The highest BCUT2D eigenvalue weighted by Gasteiger charge is 2.30. The van der Waals surface area contributed by atoms with Crippen LogP contribution < -0.4 is 4.65 Å². The molecule has 2 rings (SSSR count). The van der Waals surface area contributed by atoms with Crippen LogP contribution in [0.25, 0.3) is 0 Å². The topological polar surface area (TPSA) is 9.23 Å². The Bertz CT molecular complexity index is 278. The molecule has 1 aliphatic heterocycles. The highest BCUT2D eigenvalue weighted by atomic mass is 16.5. The molecule has 0 saturated heterocycles. The van der Waals surface area contributed by atoms with E-state index in [1.807, 2.05) is 0 Å². The predicted molar refractivity (Wildman–Crippen MR) is 57.5 cm³/mol. The second kappa shape index (κ2) is 3.10. The fraction of sp³-hybridized carbons (Fsp3) is 0.455. The first kappa shape index (κ1) is 8.67. The molecule has 0 atom stereocenters. The van der Waals surface area contributed by atoms with Gasteiger partial charge in [0.05, 0.1) is 5.75 Å². The van der Waals surface area contributed by atoms with Crippen molar-refractivity contribution in [1.29, 1.82) is 0 Å². The molecule has 70 valence electrons. The second-order valence-corrected chi connectivity index (χ2v) is 4.11. The van der Waals surface area contributed by atoms with E-state index in [0.29, 0.717) is 0 Å². The Morgan fingerprint density at radius 1 is 1.23 bits per heavy atom. The Hall–Kier alpha value is -0.915. The molecule has 0 aliphatic carbocycles. The first-order chi connectivity index (χ1) is 6.29. The molecule has 0 N–H and O–H groups in total. The van der Waals surface area contributed by atoms with Crippen molar-refractivity contribution in [2.75, 3.05) is 0 Å². The van der Waals surface area contributed by atoms with Gasteiger partial charge in [0.1, 0.15) is 0 Å². The van der Waals surface area contributed by atoms with Gasteiger partial charge >= 0.3 is 0 Å². The maximum Gasteiger partial charge on any atom is 0.168 e. The summed E-state index contributed by atoms with van der Waals surface area (Å²) in [6, 6.07) is 8.42. The van der Waals surface area contributed by atoms with Gasteiger partial charge in [-0.2, -0.15) is 0 Å². The molecule has 1 aromatic rings. The van der Waals surface area contributed by atoms with Crippen molar-refractivity contribution >= 4 is 6.35 Å². The molecule has 1 nitrogen and oxygen atoms in total. The quantitative estimate of drug-likeness (QED) is 0.627. The number of benzene rings is 1. The first-order valence-electron chi connectivity index (χ1n) is 5.26. The van der Waals surface area contributed by atoms with Crippen molar-refractivity contribution in [3.05, 3.63) is 29.8 Å². The van der Waals surface area contributed by atoms with E-state index in [1.165, 1.54) is 5.56 Å². The smallest absolute Gasteiger partial charge is 0.168 e. The molecule has 0 spiro atoms. The minimum absolute atomic E-state index is 0.575. The molecular formula is C11H16BO-. The third-order valence-corrected chi connectivity index (χ3v) is 3.43. The minimum Gasteiger partial charge on any atom is -0.713 e. The van der Waals surface area contributed by atoms with Crippen molar-refractivity contribution in [1.82, 2.24) is 0 Å². The van der Waals surface area contributed by atoms with Crippen LogP contribution in [0.4, 0.5) is 0 Å². The molecule has 2 heteroatoms. The lowest BCUT2D eigenvalue weighted by molar-refractivity contribution is 0.556. The van der Waals surface area contributed by atoms with Crippen molar-refractivity contribution in [2.24, 2.45) is 0 Å². The van der Waals surface area contributed by atoms with Gasteiger partial charge in [0.15, 0.2) is 6.35 Å². The van der Waals surface area contributed by atoms with Crippen LogP contribution in [0.15, 0.2) is 24.3 Å². The van der Waals surface area contributed by atoms with E-state index in [2.05, 4.69) is 38.1 Å². The number of para-hydroxylation sites is 1. The van der Waals surface area contributed by atoms with Crippen LogP contribution >= 0.6 is 0 Å². The van der Waals surface area contributed by atoms with Gasteiger partial charge in [-0.05, 0) is 11.6 Å². The molecule has 0 radical (unpaired) electrons. The monoisotopic (exact) mass is 175 g/mol. The van der Waals surface area contributed by atoms with E-state index in [-0.39, 0.29) is 0 Å². The zero-order valence-corrected chi connectivity index (χ0v) is 8.42. The Morgan fingerprint density at radius 3 is 2.54 bits per heavy atom. The molecule has 0 fully saturated rings. The molecule has 13 heavy (non-hydrogen) atoms. The summed E-state index contributed by atoms with van der Waals surface area (Å²) in [6.45, 7) is 4.46. The van der Waals surface area contributed by atoms with Gasteiger partial charge in [-0.25, -0.2) is 0 Å². The largest absolute Gasteiger partial charge is 0.713 e. The predicted octanol–water partition coefficient (Wildman–Crippen LogP) is 3.15. The van der Waals surface area contributed by atoms with Crippen molar-refractivity contribution in [3.63, 3.8) is 0 Å². The summed E-state index contributed by atoms with van der Waals surface area (Å²) >= 11 is 0. The van der Waals surface area contributed by atoms with Crippen LogP contribution in [-0.4, -0.2) is 6.35 Å². The van der Waals surface area contributed by atoms with Crippen molar-refractivity contribution < 1.29 is 4.65 Å². The van der Waals surface area contributed by atoms with Gasteiger partial charge in [0, 0.05) is 0 Å². The van der Waals surface area contributed by atoms with Gasteiger partial charge in [0.25, 0.3) is 0 Å². The van der Waals surface area contributed by atoms with Crippen molar-refractivity contribution in [2.45, 2.75) is 32.8 Å². The summed E-state index contributed by atoms with van der Waals surface area (Å²) in [7, 11) is 0. The number of hydrogen-bond acceptors (Lipinski definition) is 1. The second-order valence-electron chi connectivity index (χ2n) is 4.11. The normalized spacial score (nSPS) is 18.0. The number of fused-ring (bicyclic) bond motifs is 1. The highest BCUT2D eigenvalue weighted by Crippen LogP contribution is 2.35. The molecule has 0 unspecified atom stereocenters. The lowest BCUT2D eigenvalue weighted by Crippen LogP contribution is -2.38. The Kier molecular flexibility index (Phi) is 2.07. The molecule has 1 aliphatic rings. The van der Waals surface area contributed by atoms with Crippen LogP contribution in [0.3, 0.4) is 0 Å². The van der Waals surface area contributed by atoms with Crippen molar-refractivity contribution in [3.8, 4) is 5.75 Å². The van der Waals surface area contributed by atoms with Gasteiger partial charge in [0.2, 0.25) is 0 Å². The Labute approximate surface area is 80.1 Å². The minimum atomic E-state index is -0.575. The molecule has 1 aromatic carbocycles. The lowest BCUT2D eigenvalue weighted by Gasteiger charge is -2.33. The summed E-state index contributed by atoms with van der Waals surface area (Å²) in [5.41, 5.74) is 1.39. The summed E-state index contributed by atoms with van der Waals surface area (Å²) in [4.78, 5) is 0. The summed E-state index contributed by atoms with van der Waals surface area (Å²) in [5, 5.41) is 0. The zero-order valence-electron chi connectivity index (χ0n) is 8.42. The maximum atomic E-state index is 6.06. The van der Waals surface area contributed by atoms with Crippen LogP contribution in [0.5, 0.6) is 5.75 Å². The Balaban J connectivity index is 2.30. The SMILES string of the molecule is CC[B-]1(CC)Cc2ccccc2O1. The fourth-order valence-corrected chi connectivity index (χ4v) is 2.24. The number of hydrogen-bond donors (Lipinski definition) is 0. The third-order valence-electron chi connectivity index (χ3n) is 3.43. The average molecular weight is 175 g/mol. The average Bonchev–Trinajstić information content (AvgIpc) is 2.57. The lowest BCUT2D eigenvalue weighted by atomic mass is 9.35. The molecule has 0 bridgehead atoms. The third kappa shape index (κ3) is 1.34. The molecular weight excluding hydrogens is 159 g/mol. The van der Waals surface area contributed by atoms with Crippen LogP contribution in [-0.2, 0) is 6.32 Å². The van der Waals surface area contributed by atoms with E-state index in [0.717, 1.165) is 24.7 Å². The van der Waals surface area contributed by atoms with E-state index in [4.69, 9.17) is 4.65 Å². The zero-order chi connectivity index (χ0) is 9.31. The first-order valence-corrected chi connectivity index (χ1v) is 5.26. The summed E-state index contributed by atoms with van der Waals surface area (Å²) < 4.78 is 6.06. The van der Waals surface area contributed by atoms with E-state index in [1.54, 1.807) is 0 Å².